The van der Waals surface area contributed by atoms with Crippen molar-refractivity contribution in [3.05, 3.63) is 34.4 Å². The van der Waals surface area contributed by atoms with Crippen LogP contribution in [0.2, 0.25) is 0 Å². The second-order valence-corrected chi connectivity index (χ2v) is 10.4. The van der Waals surface area contributed by atoms with E-state index in [1.807, 2.05) is 29.8 Å². The molecule has 2 aromatic rings. The summed E-state index contributed by atoms with van der Waals surface area (Å²) >= 11 is 1.86. The third kappa shape index (κ3) is 3.35. The molecule has 4 heterocycles. The molecule has 0 unspecified atom stereocenters. The quantitative estimate of drug-likeness (QED) is 0.800. The molecule has 0 aliphatic carbocycles. The number of imidazole rings is 1. The molecule has 0 atom stereocenters. The van der Waals surface area contributed by atoms with Gasteiger partial charge < -0.3 is 4.57 Å². The van der Waals surface area contributed by atoms with Gasteiger partial charge in [0.05, 0.1) is 6.33 Å². The van der Waals surface area contributed by atoms with Crippen molar-refractivity contribution in [2.24, 2.45) is 0 Å². The first-order chi connectivity index (χ1) is 12.4. The standard InChI is InChI=1S/C18H26N4O2S2/c1-14(2)21-12-18(19-13-21)26(23,24)22-8-3-16(4-9-22)20-7-5-17-15(11-20)6-10-25-17/h6,10,12-14,16H,3-5,7-9,11H2,1-2H3. The minimum atomic E-state index is -3.48. The molecular weight excluding hydrogens is 368 g/mol. The maximum absolute atomic E-state index is 12.9. The van der Waals surface area contributed by atoms with E-state index in [9.17, 15) is 8.42 Å². The van der Waals surface area contributed by atoms with E-state index >= 15 is 0 Å². The van der Waals surface area contributed by atoms with Crippen LogP contribution in [0.5, 0.6) is 0 Å². The Morgan fingerprint density at radius 1 is 1.23 bits per heavy atom. The van der Waals surface area contributed by atoms with Gasteiger partial charge in [-0.15, -0.1) is 11.3 Å². The molecular formula is C18H26N4O2S2. The molecule has 1 saturated heterocycles. The van der Waals surface area contributed by atoms with Crippen molar-refractivity contribution in [3.63, 3.8) is 0 Å². The van der Waals surface area contributed by atoms with Gasteiger partial charge in [-0.2, -0.15) is 4.31 Å². The van der Waals surface area contributed by atoms with Gasteiger partial charge in [0.25, 0.3) is 10.0 Å². The van der Waals surface area contributed by atoms with E-state index in [0.717, 1.165) is 32.4 Å². The van der Waals surface area contributed by atoms with E-state index < -0.39 is 10.0 Å². The number of sulfonamides is 1. The third-order valence-electron chi connectivity index (χ3n) is 5.56. The zero-order valence-corrected chi connectivity index (χ0v) is 17.0. The summed E-state index contributed by atoms with van der Waals surface area (Å²) in [6.45, 7) is 7.28. The first-order valence-corrected chi connectivity index (χ1v) is 11.6. The van der Waals surface area contributed by atoms with Gasteiger partial charge in [0, 0.05) is 49.3 Å². The Labute approximate surface area is 159 Å². The van der Waals surface area contributed by atoms with Crippen LogP contribution in [0.3, 0.4) is 0 Å². The molecule has 0 saturated carbocycles. The Hall–Kier alpha value is -1.22. The Morgan fingerprint density at radius 3 is 2.69 bits per heavy atom. The van der Waals surface area contributed by atoms with E-state index in [4.69, 9.17) is 0 Å². The van der Waals surface area contributed by atoms with Gasteiger partial charge in [-0.1, -0.05) is 0 Å². The normalized spacial score (nSPS) is 20.6. The number of fused-ring (bicyclic) bond motifs is 1. The topological polar surface area (TPSA) is 58.4 Å². The highest BCUT2D eigenvalue weighted by atomic mass is 32.2. The third-order valence-corrected chi connectivity index (χ3v) is 8.36. The second-order valence-electron chi connectivity index (χ2n) is 7.48. The average molecular weight is 395 g/mol. The Balaban J connectivity index is 1.40. The summed E-state index contributed by atoms with van der Waals surface area (Å²) in [5.74, 6) is 0. The largest absolute Gasteiger partial charge is 0.334 e. The van der Waals surface area contributed by atoms with Gasteiger partial charge in [0.1, 0.15) is 0 Å². The molecule has 0 spiro atoms. The van der Waals surface area contributed by atoms with E-state index in [2.05, 4.69) is 21.3 Å². The molecule has 2 aromatic heterocycles. The van der Waals surface area contributed by atoms with Crippen LogP contribution < -0.4 is 0 Å². The lowest BCUT2D eigenvalue weighted by molar-refractivity contribution is 0.127. The molecule has 142 valence electrons. The summed E-state index contributed by atoms with van der Waals surface area (Å²) in [6, 6.07) is 2.91. The van der Waals surface area contributed by atoms with Crippen molar-refractivity contribution in [2.45, 2.75) is 56.8 Å². The minimum absolute atomic E-state index is 0.172. The first-order valence-electron chi connectivity index (χ1n) is 9.28. The summed E-state index contributed by atoms with van der Waals surface area (Å²) in [4.78, 5) is 8.19. The van der Waals surface area contributed by atoms with Crippen LogP contribution in [0, 0.1) is 0 Å². The lowest BCUT2D eigenvalue weighted by Crippen LogP contribution is -2.47. The van der Waals surface area contributed by atoms with Crippen LogP contribution in [0.4, 0.5) is 0 Å². The number of hydrogen-bond donors (Lipinski definition) is 0. The second kappa shape index (κ2) is 7.07. The smallest absolute Gasteiger partial charge is 0.262 e. The van der Waals surface area contributed by atoms with E-state index in [1.165, 1.54) is 10.4 Å². The maximum Gasteiger partial charge on any atom is 0.262 e. The summed E-state index contributed by atoms with van der Waals surface area (Å²) in [5.41, 5.74) is 1.45. The lowest BCUT2D eigenvalue weighted by Gasteiger charge is -2.39. The predicted molar refractivity (Wildman–Crippen MR) is 103 cm³/mol. The van der Waals surface area contributed by atoms with Gasteiger partial charge in [-0.25, -0.2) is 13.4 Å². The van der Waals surface area contributed by atoms with Crippen molar-refractivity contribution in [1.82, 2.24) is 18.8 Å². The molecule has 6 nitrogen and oxygen atoms in total. The molecule has 0 bridgehead atoms. The average Bonchev–Trinajstić information content (AvgIpc) is 3.31. The van der Waals surface area contributed by atoms with Crippen LogP contribution in [0.1, 0.15) is 43.2 Å². The number of hydrogen-bond acceptors (Lipinski definition) is 5. The SMILES string of the molecule is CC(C)n1cnc(S(=O)(=O)N2CCC(N3CCc4sccc4C3)CC2)c1. The summed E-state index contributed by atoms with van der Waals surface area (Å²) < 4.78 is 29.2. The van der Waals surface area contributed by atoms with Crippen LogP contribution >= 0.6 is 11.3 Å². The predicted octanol–water partition coefficient (Wildman–Crippen LogP) is 2.74. The molecule has 0 aromatic carbocycles. The van der Waals surface area contributed by atoms with Crippen molar-refractivity contribution in [3.8, 4) is 0 Å². The van der Waals surface area contributed by atoms with Crippen LogP contribution in [-0.4, -0.2) is 52.9 Å². The molecule has 2 aliphatic rings. The van der Waals surface area contributed by atoms with E-state index in [1.54, 1.807) is 16.8 Å². The molecule has 8 heteroatoms. The number of rotatable bonds is 4. The van der Waals surface area contributed by atoms with Crippen LogP contribution in [-0.2, 0) is 23.0 Å². The summed E-state index contributed by atoms with van der Waals surface area (Å²) in [7, 11) is -3.48. The summed E-state index contributed by atoms with van der Waals surface area (Å²) in [5, 5.41) is 2.35. The minimum Gasteiger partial charge on any atom is -0.334 e. The van der Waals surface area contributed by atoms with Gasteiger partial charge in [0.15, 0.2) is 5.03 Å². The fraction of sp³-hybridized carbons (Fsp3) is 0.611. The van der Waals surface area contributed by atoms with Gasteiger partial charge >= 0.3 is 0 Å². The number of aromatic nitrogens is 2. The fourth-order valence-electron chi connectivity index (χ4n) is 3.90. The van der Waals surface area contributed by atoms with Crippen molar-refractivity contribution < 1.29 is 8.42 Å². The zero-order chi connectivity index (χ0) is 18.3. The first kappa shape index (κ1) is 18.2. The highest BCUT2D eigenvalue weighted by Crippen LogP contribution is 2.29. The van der Waals surface area contributed by atoms with Crippen molar-refractivity contribution in [1.29, 1.82) is 0 Å². The van der Waals surface area contributed by atoms with Crippen molar-refractivity contribution >= 4 is 21.4 Å². The number of piperidine rings is 1. The Morgan fingerprint density at radius 2 is 2.00 bits per heavy atom. The maximum atomic E-state index is 12.9. The zero-order valence-electron chi connectivity index (χ0n) is 15.3. The van der Waals surface area contributed by atoms with Crippen LogP contribution in [0.15, 0.2) is 29.0 Å². The fourth-order valence-corrected chi connectivity index (χ4v) is 6.18. The monoisotopic (exact) mass is 394 g/mol. The van der Waals surface area contributed by atoms with Crippen LogP contribution in [0.25, 0.3) is 0 Å². The molecule has 26 heavy (non-hydrogen) atoms. The van der Waals surface area contributed by atoms with E-state index in [0.29, 0.717) is 19.1 Å². The Kier molecular flexibility index (Phi) is 4.94. The molecule has 2 aliphatic heterocycles. The number of nitrogens with zero attached hydrogens (tertiary/aromatic N) is 4. The van der Waals surface area contributed by atoms with Gasteiger partial charge in [-0.3, -0.25) is 4.90 Å². The molecule has 1 fully saturated rings. The lowest BCUT2D eigenvalue weighted by atomic mass is 10.0. The molecule has 0 N–H and O–H groups in total. The summed E-state index contributed by atoms with van der Waals surface area (Å²) in [6.07, 6.45) is 6.16. The van der Waals surface area contributed by atoms with Gasteiger partial charge in [0.2, 0.25) is 0 Å². The Bertz CT molecular complexity index is 863. The van der Waals surface area contributed by atoms with Gasteiger partial charge in [-0.05, 0) is 50.1 Å². The highest BCUT2D eigenvalue weighted by Gasteiger charge is 2.34. The van der Waals surface area contributed by atoms with Crippen molar-refractivity contribution in [2.75, 3.05) is 19.6 Å². The highest BCUT2D eigenvalue weighted by molar-refractivity contribution is 7.89. The molecule has 0 radical (unpaired) electrons. The molecule has 0 amide bonds. The van der Waals surface area contributed by atoms with E-state index in [-0.39, 0.29) is 11.1 Å². The number of thiophene rings is 1. The molecule has 4 rings (SSSR count).